The number of hydrogen-bond donors (Lipinski definition) is 3. The van der Waals surface area contributed by atoms with E-state index in [1.807, 2.05) is 0 Å². The van der Waals surface area contributed by atoms with Crippen LogP contribution in [0.3, 0.4) is 0 Å². The first-order valence-electron chi connectivity index (χ1n) is 6.84. The summed E-state index contributed by atoms with van der Waals surface area (Å²) in [6.45, 7) is -2.95. The number of ether oxygens (including phenoxy) is 1. The number of carbonyl (C=O) groups excluding carboxylic acids is 1. The van der Waals surface area contributed by atoms with E-state index in [1.54, 1.807) is 12.1 Å². The highest BCUT2D eigenvalue weighted by molar-refractivity contribution is 5.91. The molecule has 21 heavy (non-hydrogen) atoms. The van der Waals surface area contributed by atoms with Crippen LogP contribution in [-0.4, -0.2) is 29.9 Å². The van der Waals surface area contributed by atoms with Gasteiger partial charge in [0.2, 0.25) is 0 Å². The van der Waals surface area contributed by atoms with E-state index < -0.39 is 12.6 Å². The van der Waals surface area contributed by atoms with Crippen LogP contribution in [0.2, 0.25) is 0 Å². The molecule has 116 valence electrons. The van der Waals surface area contributed by atoms with E-state index >= 15 is 0 Å². The van der Waals surface area contributed by atoms with E-state index in [9.17, 15) is 18.7 Å². The lowest BCUT2D eigenvalue weighted by Crippen LogP contribution is -2.40. The van der Waals surface area contributed by atoms with Crippen LogP contribution >= 0.6 is 0 Å². The van der Waals surface area contributed by atoms with Crippen molar-refractivity contribution in [2.24, 2.45) is 0 Å². The monoisotopic (exact) mass is 300 g/mol. The molecule has 2 amide bonds. The van der Waals surface area contributed by atoms with Crippen molar-refractivity contribution in [3.05, 3.63) is 24.3 Å². The van der Waals surface area contributed by atoms with E-state index in [0.29, 0.717) is 25.7 Å². The van der Waals surface area contributed by atoms with E-state index in [2.05, 4.69) is 15.4 Å². The van der Waals surface area contributed by atoms with Crippen LogP contribution in [0.1, 0.15) is 25.7 Å². The van der Waals surface area contributed by atoms with Crippen molar-refractivity contribution in [1.82, 2.24) is 5.32 Å². The maximum Gasteiger partial charge on any atom is 0.387 e. The van der Waals surface area contributed by atoms with Crippen LogP contribution in [0.5, 0.6) is 5.75 Å². The van der Waals surface area contributed by atoms with Crippen molar-refractivity contribution in [3.8, 4) is 5.75 Å². The number of rotatable bonds is 4. The second-order valence-corrected chi connectivity index (χ2v) is 4.98. The SMILES string of the molecule is O=C(Nc1ccccc1OC(F)F)NC1CCC(O)CC1. The number of urea groups is 1. The number of carbonyl (C=O) groups is 1. The second-order valence-electron chi connectivity index (χ2n) is 4.98. The van der Waals surface area contributed by atoms with Crippen molar-refractivity contribution in [2.45, 2.75) is 44.4 Å². The molecule has 0 unspecified atom stereocenters. The summed E-state index contributed by atoms with van der Waals surface area (Å²) < 4.78 is 28.9. The van der Waals surface area contributed by atoms with Gasteiger partial charge in [-0.25, -0.2) is 4.79 Å². The number of para-hydroxylation sites is 2. The Balaban J connectivity index is 1.90. The summed E-state index contributed by atoms with van der Waals surface area (Å²) in [7, 11) is 0. The Bertz CT molecular complexity index is 477. The molecular weight excluding hydrogens is 282 g/mol. The van der Waals surface area contributed by atoms with Crippen molar-refractivity contribution in [3.63, 3.8) is 0 Å². The van der Waals surface area contributed by atoms with Crippen molar-refractivity contribution < 1.29 is 23.4 Å². The molecule has 0 saturated heterocycles. The lowest BCUT2D eigenvalue weighted by Gasteiger charge is -2.26. The van der Waals surface area contributed by atoms with Gasteiger partial charge in [0, 0.05) is 6.04 Å². The molecule has 2 rings (SSSR count). The van der Waals surface area contributed by atoms with Gasteiger partial charge < -0.3 is 20.5 Å². The number of aliphatic hydroxyl groups excluding tert-OH is 1. The number of benzene rings is 1. The molecule has 7 heteroatoms. The van der Waals surface area contributed by atoms with Crippen molar-refractivity contribution in [2.75, 3.05) is 5.32 Å². The smallest absolute Gasteiger partial charge is 0.387 e. The molecule has 0 aliphatic heterocycles. The average molecular weight is 300 g/mol. The molecule has 1 aromatic carbocycles. The molecule has 3 N–H and O–H groups in total. The summed E-state index contributed by atoms with van der Waals surface area (Å²) >= 11 is 0. The van der Waals surface area contributed by atoms with E-state index in [1.165, 1.54) is 12.1 Å². The Morgan fingerprint density at radius 1 is 1.24 bits per heavy atom. The fourth-order valence-corrected chi connectivity index (χ4v) is 2.33. The Labute approximate surface area is 121 Å². The summed E-state index contributed by atoms with van der Waals surface area (Å²) in [6, 6.07) is 5.52. The van der Waals surface area contributed by atoms with Crippen LogP contribution < -0.4 is 15.4 Å². The van der Waals surface area contributed by atoms with Crippen molar-refractivity contribution >= 4 is 11.7 Å². The predicted octanol–water partition coefficient (Wildman–Crippen LogP) is 2.71. The van der Waals surface area contributed by atoms with Gasteiger partial charge in [0.05, 0.1) is 11.8 Å². The molecule has 0 atom stereocenters. The average Bonchev–Trinajstić information content (AvgIpc) is 2.43. The molecule has 0 spiro atoms. The standard InChI is InChI=1S/C14H18F2N2O3/c15-13(16)21-12-4-2-1-3-11(12)18-14(20)17-9-5-7-10(19)8-6-9/h1-4,9-10,13,19H,5-8H2,(H2,17,18,20). The third-order valence-electron chi connectivity index (χ3n) is 3.38. The highest BCUT2D eigenvalue weighted by Gasteiger charge is 2.21. The summed E-state index contributed by atoms with van der Waals surface area (Å²) in [4.78, 5) is 11.9. The Hall–Kier alpha value is -1.89. The summed E-state index contributed by atoms with van der Waals surface area (Å²) in [6.07, 6.45) is 2.39. The normalized spacial score (nSPS) is 21.9. The van der Waals surface area contributed by atoms with Gasteiger partial charge in [0.15, 0.2) is 0 Å². The molecule has 1 aliphatic rings. The van der Waals surface area contributed by atoms with Crippen LogP contribution in [-0.2, 0) is 0 Å². The van der Waals surface area contributed by atoms with Crippen LogP contribution in [0.4, 0.5) is 19.3 Å². The lowest BCUT2D eigenvalue weighted by molar-refractivity contribution is -0.0493. The first kappa shape index (κ1) is 15.5. The number of alkyl halides is 2. The quantitative estimate of drug-likeness (QED) is 0.800. The second kappa shape index (κ2) is 7.21. The number of nitrogens with one attached hydrogen (secondary N) is 2. The van der Waals surface area contributed by atoms with Gasteiger partial charge >= 0.3 is 12.6 Å². The number of halogens is 2. The Morgan fingerprint density at radius 3 is 2.57 bits per heavy atom. The highest BCUT2D eigenvalue weighted by Crippen LogP contribution is 2.25. The number of anilines is 1. The van der Waals surface area contributed by atoms with E-state index in [4.69, 9.17) is 0 Å². The molecule has 1 fully saturated rings. The van der Waals surface area contributed by atoms with Gasteiger partial charge in [-0.2, -0.15) is 8.78 Å². The van der Waals surface area contributed by atoms with Gasteiger partial charge in [-0.15, -0.1) is 0 Å². The van der Waals surface area contributed by atoms with Gasteiger partial charge in [-0.1, -0.05) is 12.1 Å². The summed E-state index contributed by atoms with van der Waals surface area (Å²) in [5, 5.41) is 14.7. The molecule has 5 nitrogen and oxygen atoms in total. The summed E-state index contributed by atoms with van der Waals surface area (Å²) in [5.41, 5.74) is 0.186. The van der Waals surface area contributed by atoms with E-state index in [0.717, 1.165) is 0 Å². The fourth-order valence-electron chi connectivity index (χ4n) is 2.33. The molecular formula is C14H18F2N2O3. The third-order valence-corrected chi connectivity index (χ3v) is 3.38. The van der Waals surface area contributed by atoms with Crippen LogP contribution in [0.15, 0.2) is 24.3 Å². The molecule has 0 bridgehead atoms. The molecule has 1 aromatic rings. The number of aliphatic hydroxyl groups is 1. The zero-order valence-corrected chi connectivity index (χ0v) is 11.4. The zero-order chi connectivity index (χ0) is 15.2. The van der Waals surface area contributed by atoms with Gasteiger partial charge in [-0.05, 0) is 37.8 Å². The molecule has 1 saturated carbocycles. The highest BCUT2D eigenvalue weighted by atomic mass is 19.3. The third kappa shape index (κ3) is 4.86. The predicted molar refractivity (Wildman–Crippen MR) is 73.5 cm³/mol. The number of amides is 2. The fraction of sp³-hybridized carbons (Fsp3) is 0.500. The molecule has 0 aromatic heterocycles. The largest absolute Gasteiger partial charge is 0.433 e. The molecule has 1 aliphatic carbocycles. The van der Waals surface area contributed by atoms with Gasteiger partial charge in [0.1, 0.15) is 5.75 Å². The minimum absolute atomic E-state index is 0.0171. The minimum Gasteiger partial charge on any atom is -0.433 e. The van der Waals surface area contributed by atoms with Gasteiger partial charge in [0.25, 0.3) is 0 Å². The first-order valence-corrected chi connectivity index (χ1v) is 6.84. The Morgan fingerprint density at radius 2 is 1.90 bits per heavy atom. The van der Waals surface area contributed by atoms with Gasteiger partial charge in [-0.3, -0.25) is 0 Å². The van der Waals surface area contributed by atoms with Crippen LogP contribution in [0, 0.1) is 0 Å². The van der Waals surface area contributed by atoms with E-state index in [-0.39, 0.29) is 23.6 Å². The zero-order valence-electron chi connectivity index (χ0n) is 11.4. The maximum atomic E-state index is 12.3. The topological polar surface area (TPSA) is 70.6 Å². The maximum absolute atomic E-state index is 12.3. The minimum atomic E-state index is -2.95. The Kier molecular flexibility index (Phi) is 5.32. The summed E-state index contributed by atoms with van der Waals surface area (Å²) in [5.74, 6) is -0.0817. The lowest BCUT2D eigenvalue weighted by atomic mass is 9.93. The van der Waals surface area contributed by atoms with Crippen LogP contribution in [0.25, 0.3) is 0 Å². The molecule has 0 radical (unpaired) electrons. The van der Waals surface area contributed by atoms with Crippen molar-refractivity contribution in [1.29, 1.82) is 0 Å². The molecule has 0 heterocycles. The number of hydrogen-bond acceptors (Lipinski definition) is 3. The first-order chi connectivity index (χ1) is 10.0.